The lowest BCUT2D eigenvalue weighted by atomic mass is 10.2. The van der Waals surface area contributed by atoms with Crippen LogP contribution in [0.4, 0.5) is 5.82 Å². The van der Waals surface area contributed by atoms with Crippen molar-refractivity contribution in [1.82, 2.24) is 4.98 Å². The largest absolute Gasteiger partial charge is 0.487 e. The molecule has 2 rings (SSSR count). The molecule has 1 aromatic heterocycles. The molecule has 0 unspecified atom stereocenters. The van der Waals surface area contributed by atoms with Gasteiger partial charge in [-0.05, 0) is 18.9 Å². The first-order chi connectivity index (χ1) is 7.58. The Hall–Kier alpha value is -1.78. The molecule has 5 nitrogen and oxygen atoms in total. The van der Waals surface area contributed by atoms with E-state index in [-0.39, 0.29) is 6.10 Å². The van der Waals surface area contributed by atoms with Gasteiger partial charge >= 0.3 is 0 Å². The number of amides is 1. The second kappa shape index (κ2) is 4.00. The summed E-state index contributed by atoms with van der Waals surface area (Å²) < 4.78 is 5.70. The first-order valence-electron chi connectivity index (χ1n) is 5.21. The minimum atomic E-state index is -0.488. The standard InChI is InChI=1S/C11H15N3O2/c1-14(2)11-9(16-8-3-4-8)5-7(6-13-11)10(12)15/h5-6,8H,3-4H2,1-2H3,(H2,12,15). The molecule has 0 bridgehead atoms. The first kappa shape index (κ1) is 10.7. The lowest BCUT2D eigenvalue weighted by Crippen LogP contribution is -2.16. The van der Waals surface area contributed by atoms with Crippen molar-refractivity contribution in [3.63, 3.8) is 0 Å². The van der Waals surface area contributed by atoms with Gasteiger partial charge in [-0.25, -0.2) is 4.98 Å². The van der Waals surface area contributed by atoms with Gasteiger partial charge in [0.15, 0.2) is 11.6 Å². The van der Waals surface area contributed by atoms with Crippen molar-refractivity contribution in [3.05, 3.63) is 17.8 Å². The third-order valence-corrected chi connectivity index (χ3v) is 2.36. The number of nitrogens with two attached hydrogens (primary N) is 1. The molecular formula is C11H15N3O2. The van der Waals surface area contributed by atoms with Crippen molar-refractivity contribution >= 4 is 11.7 Å². The van der Waals surface area contributed by atoms with Gasteiger partial charge < -0.3 is 15.4 Å². The fourth-order valence-corrected chi connectivity index (χ4v) is 1.36. The average Bonchev–Trinajstić information content (AvgIpc) is 3.01. The molecule has 0 atom stereocenters. The second-order valence-electron chi connectivity index (χ2n) is 4.12. The van der Waals surface area contributed by atoms with E-state index in [1.165, 1.54) is 6.20 Å². The molecule has 1 saturated carbocycles. The molecule has 1 aliphatic carbocycles. The predicted molar refractivity (Wildman–Crippen MR) is 60.7 cm³/mol. The minimum Gasteiger partial charge on any atom is -0.487 e. The molecule has 1 aromatic rings. The fraction of sp³-hybridized carbons (Fsp3) is 0.455. The van der Waals surface area contributed by atoms with E-state index in [1.807, 2.05) is 19.0 Å². The summed E-state index contributed by atoms with van der Waals surface area (Å²) in [6.07, 6.45) is 3.86. The number of carbonyl (C=O) groups is 1. The van der Waals surface area contributed by atoms with Crippen LogP contribution in [0.3, 0.4) is 0 Å². The lowest BCUT2D eigenvalue weighted by molar-refractivity contribution is 0.0999. The van der Waals surface area contributed by atoms with E-state index in [0.29, 0.717) is 11.3 Å². The number of hydrogen-bond acceptors (Lipinski definition) is 4. The van der Waals surface area contributed by atoms with Gasteiger partial charge in [0.2, 0.25) is 5.91 Å². The Kier molecular flexibility index (Phi) is 2.68. The SMILES string of the molecule is CN(C)c1ncc(C(N)=O)cc1OC1CC1. The molecule has 0 aliphatic heterocycles. The van der Waals surface area contributed by atoms with E-state index in [2.05, 4.69) is 4.98 Å². The third-order valence-electron chi connectivity index (χ3n) is 2.36. The highest BCUT2D eigenvalue weighted by molar-refractivity contribution is 5.93. The number of aromatic nitrogens is 1. The Morgan fingerprint density at radius 3 is 2.75 bits per heavy atom. The summed E-state index contributed by atoms with van der Waals surface area (Å²) in [5.74, 6) is 0.860. The van der Waals surface area contributed by atoms with E-state index in [4.69, 9.17) is 10.5 Å². The summed E-state index contributed by atoms with van der Waals surface area (Å²) in [5, 5.41) is 0. The predicted octanol–water partition coefficient (Wildman–Crippen LogP) is 0.788. The van der Waals surface area contributed by atoms with Crippen molar-refractivity contribution in [3.8, 4) is 5.75 Å². The summed E-state index contributed by atoms with van der Waals surface area (Å²) in [6.45, 7) is 0. The van der Waals surface area contributed by atoms with Crippen molar-refractivity contribution in [2.75, 3.05) is 19.0 Å². The monoisotopic (exact) mass is 221 g/mol. The van der Waals surface area contributed by atoms with Crippen LogP contribution in [0.25, 0.3) is 0 Å². The number of primary amides is 1. The summed E-state index contributed by atoms with van der Waals surface area (Å²) in [5.41, 5.74) is 5.58. The molecular weight excluding hydrogens is 206 g/mol. The van der Waals surface area contributed by atoms with E-state index in [0.717, 1.165) is 18.7 Å². The molecule has 2 N–H and O–H groups in total. The van der Waals surface area contributed by atoms with Crippen molar-refractivity contribution < 1.29 is 9.53 Å². The van der Waals surface area contributed by atoms with Crippen molar-refractivity contribution in [2.24, 2.45) is 5.73 Å². The van der Waals surface area contributed by atoms with E-state index < -0.39 is 5.91 Å². The number of hydrogen-bond donors (Lipinski definition) is 1. The Morgan fingerprint density at radius 1 is 1.56 bits per heavy atom. The van der Waals surface area contributed by atoms with Crippen LogP contribution in [0, 0.1) is 0 Å². The first-order valence-corrected chi connectivity index (χ1v) is 5.21. The molecule has 5 heteroatoms. The van der Waals surface area contributed by atoms with Crippen LogP contribution in [-0.4, -0.2) is 31.1 Å². The number of pyridine rings is 1. The summed E-state index contributed by atoms with van der Waals surface area (Å²) in [7, 11) is 3.76. The van der Waals surface area contributed by atoms with E-state index in [9.17, 15) is 4.79 Å². The maximum Gasteiger partial charge on any atom is 0.250 e. The Bertz CT molecular complexity index is 414. The average molecular weight is 221 g/mol. The third kappa shape index (κ3) is 2.24. The highest BCUT2D eigenvalue weighted by Crippen LogP contribution is 2.32. The zero-order valence-corrected chi connectivity index (χ0v) is 9.43. The van der Waals surface area contributed by atoms with Gasteiger partial charge in [0.05, 0.1) is 11.7 Å². The van der Waals surface area contributed by atoms with Crippen LogP contribution in [0.1, 0.15) is 23.2 Å². The lowest BCUT2D eigenvalue weighted by Gasteiger charge is -2.16. The van der Waals surface area contributed by atoms with Gasteiger partial charge in [-0.15, -0.1) is 0 Å². The Morgan fingerprint density at radius 2 is 2.25 bits per heavy atom. The number of carbonyl (C=O) groups excluding carboxylic acids is 1. The quantitative estimate of drug-likeness (QED) is 0.816. The van der Waals surface area contributed by atoms with Gasteiger partial charge in [0.1, 0.15) is 0 Å². The normalized spacial score (nSPS) is 14.6. The van der Waals surface area contributed by atoms with Crippen molar-refractivity contribution in [1.29, 1.82) is 0 Å². The van der Waals surface area contributed by atoms with Crippen LogP contribution in [0.15, 0.2) is 12.3 Å². The fourth-order valence-electron chi connectivity index (χ4n) is 1.36. The maximum atomic E-state index is 11.0. The smallest absolute Gasteiger partial charge is 0.250 e. The molecule has 0 spiro atoms. The molecule has 0 saturated heterocycles. The second-order valence-corrected chi connectivity index (χ2v) is 4.12. The highest BCUT2D eigenvalue weighted by Gasteiger charge is 2.25. The van der Waals surface area contributed by atoms with Crippen LogP contribution >= 0.6 is 0 Å². The topological polar surface area (TPSA) is 68.5 Å². The van der Waals surface area contributed by atoms with Crippen LogP contribution < -0.4 is 15.4 Å². The molecule has 0 aromatic carbocycles. The molecule has 86 valence electrons. The number of ether oxygens (including phenoxy) is 1. The van der Waals surface area contributed by atoms with Gasteiger partial charge in [-0.1, -0.05) is 0 Å². The van der Waals surface area contributed by atoms with Gasteiger partial charge in [-0.2, -0.15) is 0 Å². The van der Waals surface area contributed by atoms with Gasteiger partial charge in [0.25, 0.3) is 0 Å². The van der Waals surface area contributed by atoms with Crippen LogP contribution in [0.5, 0.6) is 5.75 Å². The summed E-state index contributed by atoms with van der Waals surface area (Å²) >= 11 is 0. The molecule has 16 heavy (non-hydrogen) atoms. The Labute approximate surface area is 94.2 Å². The van der Waals surface area contributed by atoms with E-state index in [1.54, 1.807) is 6.07 Å². The maximum absolute atomic E-state index is 11.0. The zero-order valence-electron chi connectivity index (χ0n) is 9.43. The summed E-state index contributed by atoms with van der Waals surface area (Å²) in [4.78, 5) is 17.1. The van der Waals surface area contributed by atoms with E-state index >= 15 is 0 Å². The minimum absolute atomic E-state index is 0.267. The zero-order chi connectivity index (χ0) is 11.7. The molecule has 1 fully saturated rings. The molecule has 1 aliphatic rings. The van der Waals surface area contributed by atoms with Crippen LogP contribution in [0.2, 0.25) is 0 Å². The Balaban J connectivity index is 2.33. The molecule has 0 radical (unpaired) electrons. The van der Waals surface area contributed by atoms with Gasteiger partial charge in [-0.3, -0.25) is 4.79 Å². The molecule has 1 amide bonds. The van der Waals surface area contributed by atoms with Crippen molar-refractivity contribution in [2.45, 2.75) is 18.9 Å². The molecule has 1 heterocycles. The van der Waals surface area contributed by atoms with Crippen LogP contribution in [-0.2, 0) is 0 Å². The number of anilines is 1. The highest BCUT2D eigenvalue weighted by atomic mass is 16.5. The number of nitrogens with zero attached hydrogens (tertiary/aromatic N) is 2. The summed E-state index contributed by atoms with van der Waals surface area (Å²) in [6, 6.07) is 1.66. The van der Waals surface area contributed by atoms with Gasteiger partial charge in [0, 0.05) is 20.3 Å². The number of rotatable bonds is 4.